The molecule has 0 unspecified atom stereocenters. The summed E-state index contributed by atoms with van der Waals surface area (Å²) in [7, 11) is -2.11. The van der Waals surface area contributed by atoms with E-state index in [1.165, 1.54) is 17.8 Å². The molecule has 0 aliphatic rings. The van der Waals surface area contributed by atoms with Crippen molar-refractivity contribution in [3.05, 3.63) is 18.2 Å². The molecular formula is C8H8BF3O4S. The molecule has 4 nitrogen and oxygen atoms in total. The van der Waals surface area contributed by atoms with Crippen molar-refractivity contribution >= 4 is 19.1 Å². The highest BCUT2D eigenvalue weighted by atomic mass is 32.2. The van der Waals surface area contributed by atoms with Crippen LogP contribution in [0.3, 0.4) is 0 Å². The van der Waals surface area contributed by atoms with Crippen molar-refractivity contribution in [3.8, 4) is 11.5 Å². The van der Waals surface area contributed by atoms with Crippen LogP contribution in [0.15, 0.2) is 23.1 Å². The quantitative estimate of drug-likeness (QED) is 0.642. The van der Waals surface area contributed by atoms with Crippen molar-refractivity contribution in [2.75, 3.05) is 6.26 Å². The standard InChI is InChI=1S/C8H8BF3O4S/c1-17-7-3-2-5(15-8(10,11)12)4-6(7)16-9(13)14/h2-4,13-14H,1H3. The molecule has 0 saturated heterocycles. The summed E-state index contributed by atoms with van der Waals surface area (Å²) in [6.45, 7) is 0. The molecule has 0 atom stereocenters. The van der Waals surface area contributed by atoms with Gasteiger partial charge in [-0.15, -0.1) is 24.9 Å². The molecule has 1 aromatic rings. The van der Waals surface area contributed by atoms with Gasteiger partial charge >= 0.3 is 13.7 Å². The van der Waals surface area contributed by atoms with E-state index in [1.807, 2.05) is 0 Å². The van der Waals surface area contributed by atoms with E-state index in [-0.39, 0.29) is 5.75 Å². The first-order valence-corrected chi connectivity index (χ1v) is 5.51. The van der Waals surface area contributed by atoms with Crippen molar-refractivity contribution in [2.45, 2.75) is 11.3 Å². The van der Waals surface area contributed by atoms with Gasteiger partial charge in [0, 0.05) is 11.0 Å². The smallest absolute Gasteiger partial charge is 0.511 e. The van der Waals surface area contributed by atoms with E-state index in [4.69, 9.17) is 10.0 Å². The maximum atomic E-state index is 12.0. The summed E-state index contributed by atoms with van der Waals surface area (Å²) >= 11 is 1.18. The van der Waals surface area contributed by atoms with E-state index in [2.05, 4.69) is 9.39 Å². The topological polar surface area (TPSA) is 58.9 Å². The Morgan fingerprint density at radius 3 is 2.41 bits per heavy atom. The highest BCUT2D eigenvalue weighted by molar-refractivity contribution is 7.98. The van der Waals surface area contributed by atoms with Crippen LogP contribution >= 0.6 is 11.8 Å². The summed E-state index contributed by atoms with van der Waals surface area (Å²) in [6.07, 6.45) is -3.15. The summed E-state index contributed by atoms with van der Waals surface area (Å²) < 4.78 is 44.1. The fourth-order valence-electron chi connectivity index (χ4n) is 1.06. The van der Waals surface area contributed by atoms with Crippen LogP contribution in [0.4, 0.5) is 13.2 Å². The fraction of sp³-hybridized carbons (Fsp3) is 0.250. The van der Waals surface area contributed by atoms with Gasteiger partial charge in [-0.25, -0.2) is 0 Å². The van der Waals surface area contributed by atoms with Crippen LogP contribution in [0.2, 0.25) is 0 Å². The van der Waals surface area contributed by atoms with Gasteiger partial charge in [-0.3, -0.25) is 0 Å². The van der Waals surface area contributed by atoms with E-state index >= 15 is 0 Å². The van der Waals surface area contributed by atoms with Crippen molar-refractivity contribution in [1.82, 2.24) is 0 Å². The van der Waals surface area contributed by atoms with Crippen LogP contribution in [0, 0.1) is 0 Å². The number of thioether (sulfide) groups is 1. The zero-order valence-electron chi connectivity index (χ0n) is 8.56. The van der Waals surface area contributed by atoms with Crippen LogP contribution in [-0.2, 0) is 0 Å². The number of rotatable bonds is 4. The second-order valence-electron chi connectivity index (χ2n) is 2.80. The molecule has 2 N–H and O–H groups in total. The molecule has 0 radical (unpaired) electrons. The number of ether oxygens (including phenoxy) is 1. The van der Waals surface area contributed by atoms with Crippen LogP contribution in [0.25, 0.3) is 0 Å². The molecule has 0 saturated carbocycles. The predicted molar refractivity (Wildman–Crippen MR) is 55.7 cm³/mol. The molecule has 0 heterocycles. The molecule has 0 spiro atoms. The van der Waals surface area contributed by atoms with Gasteiger partial charge in [0.05, 0.1) is 0 Å². The van der Waals surface area contributed by atoms with Gasteiger partial charge in [-0.2, -0.15) is 0 Å². The molecule has 1 aromatic carbocycles. The molecule has 0 fully saturated rings. The largest absolute Gasteiger partial charge is 0.707 e. The lowest BCUT2D eigenvalue weighted by Crippen LogP contribution is -2.21. The Balaban J connectivity index is 2.96. The highest BCUT2D eigenvalue weighted by Gasteiger charge is 2.31. The third-order valence-electron chi connectivity index (χ3n) is 1.60. The van der Waals surface area contributed by atoms with Crippen molar-refractivity contribution in [1.29, 1.82) is 0 Å². The Morgan fingerprint density at radius 2 is 1.94 bits per heavy atom. The Hall–Kier alpha value is -1.06. The maximum absolute atomic E-state index is 12.0. The van der Waals surface area contributed by atoms with Gasteiger partial charge in [0.15, 0.2) is 0 Å². The Kier molecular flexibility index (Phi) is 4.55. The highest BCUT2D eigenvalue weighted by Crippen LogP contribution is 2.33. The van der Waals surface area contributed by atoms with Crippen LogP contribution in [0.5, 0.6) is 11.5 Å². The van der Waals surface area contributed by atoms with E-state index in [1.54, 1.807) is 6.26 Å². The number of halogens is 3. The molecule has 0 bridgehead atoms. The first-order valence-electron chi connectivity index (χ1n) is 4.28. The zero-order valence-corrected chi connectivity index (χ0v) is 9.38. The van der Waals surface area contributed by atoms with Crippen LogP contribution < -0.4 is 9.39 Å². The second kappa shape index (κ2) is 5.52. The van der Waals surface area contributed by atoms with Crippen molar-refractivity contribution in [3.63, 3.8) is 0 Å². The number of hydrogen-bond donors (Lipinski definition) is 2. The fourth-order valence-corrected chi connectivity index (χ4v) is 1.57. The molecule has 17 heavy (non-hydrogen) atoms. The van der Waals surface area contributed by atoms with E-state index in [9.17, 15) is 13.2 Å². The minimum Gasteiger partial charge on any atom is -0.511 e. The SMILES string of the molecule is CSc1ccc(OC(F)(F)F)cc1OB(O)O. The Morgan fingerprint density at radius 1 is 1.29 bits per heavy atom. The summed E-state index contributed by atoms with van der Waals surface area (Å²) in [6, 6.07) is 3.36. The molecule has 9 heteroatoms. The summed E-state index contributed by atoms with van der Waals surface area (Å²) in [5, 5.41) is 17.2. The third-order valence-corrected chi connectivity index (χ3v) is 2.38. The third kappa shape index (κ3) is 4.76. The summed E-state index contributed by atoms with van der Waals surface area (Å²) in [4.78, 5) is 0.452. The van der Waals surface area contributed by atoms with E-state index in [0.717, 1.165) is 12.1 Å². The maximum Gasteiger partial charge on any atom is 0.707 e. The zero-order chi connectivity index (χ0) is 13.1. The van der Waals surface area contributed by atoms with Gasteiger partial charge in [0.2, 0.25) is 0 Å². The monoisotopic (exact) mass is 268 g/mol. The van der Waals surface area contributed by atoms with Gasteiger partial charge < -0.3 is 19.4 Å². The lowest BCUT2D eigenvalue weighted by Gasteiger charge is -2.13. The van der Waals surface area contributed by atoms with Crippen LogP contribution in [-0.4, -0.2) is 30.0 Å². The molecular weight excluding hydrogens is 260 g/mol. The van der Waals surface area contributed by atoms with Gasteiger partial charge in [-0.05, 0) is 18.4 Å². The minimum atomic E-state index is -4.81. The van der Waals surface area contributed by atoms with E-state index in [0.29, 0.717) is 4.90 Å². The first-order chi connectivity index (χ1) is 7.81. The lowest BCUT2D eigenvalue weighted by atomic mass is 10.2. The summed E-state index contributed by atoms with van der Waals surface area (Å²) in [5.74, 6) is -0.597. The Labute approximate surface area is 99.5 Å². The van der Waals surface area contributed by atoms with Gasteiger partial charge in [-0.1, -0.05) is 0 Å². The normalized spacial score (nSPS) is 11.2. The van der Waals surface area contributed by atoms with Crippen LogP contribution in [0.1, 0.15) is 0 Å². The number of alkyl halides is 3. The van der Waals surface area contributed by atoms with Crippen molar-refractivity contribution < 1.29 is 32.6 Å². The van der Waals surface area contributed by atoms with E-state index < -0.39 is 19.4 Å². The average Bonchev–Trinajstić information content (AvgIpc) is 2.14. The summed E-state index contributed by atoms with van der Waals surface area (Å²) in [5.41, 5.74) is 0. The molecule has 94 valence electrons. The number of benzene rings is 1. The molecule has 0 aliphatic heterocycles. The molecule has 1 rings (SSSR count). The molecule has 0 aliphatic carbocycles. The van der Waals surface area contributed by atoms with Gasteiger partial charge in [0.25, 0.3) is 0 Å². The number of hydrogen-bond acceptors (Lipinski definition) is 5. The Bertz CT molecular complexity index is 386. The first kappa shape index (κ1) is 14.0. The van der Waals surface area contributed by atoms with Crippen molar-refractivity contribution in [2.24, 2.45) is 0 Å². The average molecular weight is 268 g/mol. The minimum absolute atomic E-state index is 0.103. The second-order valence-corrected chi connectivity index (χ2v) is 3.65. The lowest BCUT2D eigenvalue weighted by molar-refractivity contribution is -0.274. The molecule has 0 amide bonds. The molecule has 0 aromatic heterocycles. The van der Waals surface area contributed by atoms with Gasteiger partial charge in [0.1, 0.15) is 11.5 Å². The predicted octanol–water partition coefficient (Wildman–Crippen LogP) is 1.66.